The maximum Gasteiger partial charge on any atom is 0.276 e. The number of amides is 2. The number of rotatable bonds is 4. The van der Waals surface area contributed by atoms with Crippen molar-refractivity contribution in [2.45, 2.75) is 37.5 Å². The predicted molar refractivity (Wildman–Crippen MR) is 124 cm³/mol. The standard InChI is InChI=1S/C26H27N5O3/c32-24(23-21-18-34-22(17-31(21)28-27-23)19-7-3-1-4-8-19)29-13-15-30(16-14-29)25(33)26(11-12-26)20-9-5-2-6-10-20/h1-10,22H,11-18H2. The maximum atomic E-state index is 13.3. The summed E-state index contributed by atoms with van der Waals surface area (Å²) in [4.78, 5) is 30.2. The quantitative estimate of drug-likeness (QED) is 0.602. The average Bonchev–Trinajstić information content (AvgIpc) is 3.62. The van der Waals surface area contributed by atoms with Crippen LogP contribution in [0.1, 0.15) is 46.3 Å². The van der Waals surface area contributed by atoms with Crippen LogP contribution in [0.15, 0.2) is 60.7 Å². The molecule has 1 saturated carbocycles. The van der Waals surface area contributed by atoms with Crippen molar-refractivity contribution in [3.8, 4) is 0 Å². The van der Waals surface area contributed by atoms with Crippen LogP contribution in [0.5, 0.6) is 0 Å². The number of nitrogens with zero attached hydrogens (tertiary/aromatic N) is 5. The van der Waals surface area contributed by atoms with Crippen LogP contribution in [-0.4, -0.2) is 62.8 Å². The number of carbonyl (C=O) groups excluding carboxylic acids is 2. The maximum absolute atomic E-state index is 13.3. The van der Waals surface area contributed by atoms with Gasteiger partial charge in [-0.05, 0) is 24.0 Å². The molecule has 1 unspecified atom stereocenters. The van der Waals surface area contributed by atoms with Gasteiger partial charge in [0.1, 0.15) is 6.10 Å². The third-order valence-corrected chi connectivity index (χ3v) is 7.31. The number of ether oxygens (including phenoxy) is 1. The van der Waals surface area contributed by atoms with Crippen molar-refractivity contribution in [2.75, 3.05) is 26.2 Å². The Hall–Kier alpha value is -3.52. The zero-order valence-electron chi connectivity index (χ0n) is 19.0. The van der Waals surface area contributed by atoms with Crippen LogP contribution in [-0.2, 0) is 28.1 Å². The first-order valence-electron chi connectivity index (χ1n) is 11.9. The Balaban J connectivity index is 1.10. The number of hydrogen-bond donors (Lipinski definition) is 0. The van der Waals surface area contributed by atoms with E-state index in [1.54, 1.807) is 9.58 Å². The summed E-state index contributed by atoms with van der Waals surface area (Å²) in [5.41, 5.74) is 2.89. The molecule has 34 heavy (non-hydrogen) atoms. The first-order valence-corrected chi connectivity index (χ1v) is 11.9. The molecule has 6 rings (SSSR count). The predicted octanol–water partition coefficient (Wildman–Crippen LogP) is 2.57. The van der Waals surface area contributed by atoms with Gasteiger partial charge >= 0.3 is 0 Å². The van der Waals surface area contributed by atoms with Gasteiger partial charge in [-0.2, -0.15) is 0 Å². The van der Waals surface area contributed by atoms with Crippen LogP contribution in [0.4, 0.5) is 0 Å². The summed E-state index contributed by atoms with van der Waals surface area (Å²) in [5.74, 6) is 0.0477. The number of hydrogen-bond acceptors (Lipinski definition) is 5. The summed E-state index contributed by atoms with van der Waals surface area (Å²) in [6.45, 7) is 2.89. The lowest BCUT2D eigenvalue weighted by Crippen LogP contribution is -2.53. The SMILES string of the molecule is O=C(c1nnn2c1COC(c1ccccc1)C2)N1CCN(C(=O)C2(c3ccccc3)CC2)CC1. The molecule has 3 heterocycles. The molecule has 8 heteroatoms. The second-order valence-corrected chi connectivity index (χ2v) is 9.31. The monoisotopic (exact) mass is 457 g/mol. The van der Waals surface area contributed by atoms with Gasteiger partial charge < -0.3 is 14.5 Å². The second kappa shape index (κ2) is 8.36. The summed E-state index contributed by atoms with van der Waals surface area (Å²) < 4.78 is 7.82. The minimum atomic E-state index is -0.368. The van der Waals surface area contributed by atoms with E-state index in [-0.39, 0.29) is 23.3 Å². The van der Waals surface area contributed by atoms with Gasteiger partial charge in [-0.3, -0.25) is 9.59 Å². The Morgan fingerprint density at radius 3 is 2.21 bits per heavy atom. The minimum Gasteiger partial charge on any atom is -0.365 e. The molecule has 2 aromatic carbocycles. The van der Waals surface area contributed by atoms with E-state index in [9.17, 15) is 9.59 Å². The van der Waals surface area contributed by atoms with E-state index in [0.717, 1.165) is 29.7 Å². The third kappa shape index (κ3) is 3.58. The molecular formula is C26H27N5O3. The Morgan fingerprint density at radius 2 is 1.53 bits per heavy atom. The summed E-state index contributed by atoms with van der Waals surface area (Å²) in [6.07, 6.45) is 1.68. The van der Waals surface area contributed by atoms with E-state index in [0.29, 0.717) is 45.0 Å². The molecule has 1 saturated heterocycles. The van der Waals surface area contributed by atoms with Crippen molar-refractivity contribution in [1.29, 1.82) is 0 Å². The van der Waals surface area contributed by atoms with Crippen molar-refractivity contribution in [3.05, 3.63) is 83.2 Å². The molecule has 0 spiro atoms. The third-order valence-electron chi connectivity index (χ3n) is 7.31. The molecule has 1 aromatic heterocycles. The summed E-state index contributed by atoms with van der Waals surface area (Å²) in [5, 5.41) is 8.45. The fourth-order valence-electron chi connectivity index (χ4n) is 5.12. The second-order valence-electron chi connectivity index (χ2n) is 9.31. The highest BCUT2D eigenvalue weighted by atomic mass is 16.5. The topological polar surface area (TPSA) is 80.6 Å². The van der Waals surface area contributed by atoms with Crippen LogP contribution in [0.2, 0.25) is 0 Å². The van der Waals surface area contributed by atoms with Crippen molar-refractivity contribution in [1.82, 2.24) is 24.8 Å². The van der Waals surface area contributed by atoms with Crippen LogP contribution < -0.4 is 0 Å². The fourth-order valence-corrected chi connectivity index (χ4v) is 5.12. The number of aromatic nitrogens is 3. The molecular weight excluding hydrogens is 430 g/mol. The van der Waals surface area contributed by atoms with Crippen molar-refractivity contribution >= 4 is 11.8 Å². The highest BCUT2D eigenvalue weighted by Crippen LogP contribution is 2.49. The fraction of sp³-hybridized carbons (Fsp3) is 0.385. The molecule has 1 atom stereocenters. The summed E-state index contributed by atoms with van der Waals surface area (Å²) in [6, 6.07) is 20.1. The van der Waals surface area contributed by atoms with Crippen molar-refractivity contribution < 1.29 is 14.3 Å². The number of carbonyl (C=O) groups is 2. The molecule has 8 nitrogen and oxygen atoms in total. The van der Waals surface area contributed by atoms with Gasteiger partial charge in [0.05, 0.1) is 24.3 Å². The van der Waals surface area contributed by atoms with E-state index in [2.05, 4.69) is 10.3 Å². The highest BCUT2D eigenvalue weighted by molar-refractivity contribution is 5.94. The molecule has 0 radical (unpaired) electrons. The number of fused-ring (bicyclic) bond motifs is 1. The molecule has 1 aliphatic carbocycles. The van der Waals surface area contributed by atoms with Crippen molar-refractivity contribution in [2.24, 2.45) is 0 Å². The Bertz CT molecular complexity index is 1200. The first-order chi connectivity index (χ1) is 16.7. The van der Waals surface area contributed by atoms with Gasteiger partial charge in [0.25, 0.3) is 5.91 Å². The van der Waals surface area contributed by atoms with Crippen LogP contribution >= 0.6 is 0 Å². The van der Waals surface area contributed by atoms with Gasteiger partial charge in [-0.25, -0.2) is 4.68 Å². The number of benzene rings is 2. The Kier molecular flexibility index (Phi) is 5.17. The van der Waals surface area contributed by atoms with E-state index >= 15 is 0 Å². The zero-order valence-corrected chi connectivity index (χ0v) is 19.0. The van der Waals surface area contributed by atoms with Gasteiger partial charge in [0.2, 0.25) is 5.91 Å². The minimum absolute atomic E-state index is 0.104. The van der Waals surface area contributed by atoms with Gasteiger partial charge in [-0.15, -0.1) is 5.10 Å². The average molecular weight is 458 g/mol. The van der Waals surface area contributed by atoms with Crippen LogP contribution in [0.3, 0.4) is 0 Å². The van der Waals surface area contributed by atoms with Crippen molar-refractivity contribution in [3.63, 3.8) is 0 Å². The number of piperazine rings is 1. The summed E-state index contributed by atoms with van der Waals surface area (Å²) >= 11 is 0. The largest absolute Gasteiger partial charge is 0.365 e. The molecule has 3 aromatic rings. The van der Waals surface area contributed by atoms with Crippen LogP contribution in [0, 0.1) is 0 Å². The Morgan fingerprint density at radius 1 is 0.882 bits per heavy atom. The molecule has 0 bridgehead atoms. The molecule has 0 N–H and O–H groups in total. The summed E-state index contributed by atoms with van der Waals surface area (Å²) in [7, 11) is 0. The Labute approximate surface area is 198 Å². The lowest BCUT2D eigenvalue weighted by atomic mass is 9.94. The molecule has 3 aliphatic rings. The highest BCUT2D eigenvalue weighted by Gasteiger charge is 2.53. The van der Waals surface area contributed by atoms with Gasteiger partial charge in [-0.1, -0.05) is 65.9 Å². The molecule has 2 aliphatic heterocycles. The van der Waals surface area contributed by atoms with E-state index in [1.165, 1.54) is 0 Å². The lowest BCUT2D eigenvalue weighted by Gasteiger charge is -2.36. The van der Waals surface area contributed by atoms with Gasteiger partial charge in [0, 0.05) is 26.2 Å². The van der Waals surface area contributed by atoms with E-state index in [4.69, 9.17) is 4.74 Å². The zero-order chi connectivity index (χ0) is 23.1. The lowest BCUT2D eigenvalue weighted by molar-refractivity contribution is -0.135. The first kappa shape index (κ1) is 21.0. The normalized spacial score (nSPS) is 21.1. The van der Waals surface area contributed by atoms with Crippen LogP contribution in [0.25, 0.3) is 0 Å². The molecule has 2 amide bonds. The molecule has 2 fully saturated rings. The van der Waals surface area contributed by atoms with Gasteiger partial charge in [0.15, 0.2) is 5.69 Å². The molecule has 174 valence electrons. The van der Waals surface area contributed by atoms with E-state index in [1.807, 2.05) is 65.6 Å². The smallest absolute Gasteiger partial charge is 0.276 e. The van der Waals surface area contributed by atoms with E-state index < -0.39 is 0 Å².